The van der Waals surface area contributed by atoms with Gasteiger partial charge in [-0.3, -0.25) is 0 Å². The Hall–Kier alpha value is -2.37. The number of cyclic esters (lactones) is 1. The highest BCUT2D eigenvalue weighted by molar-refractivity contribution is 5.75. The van der Waals surface area contributed by atoms with E-state index in [1.165, 1.54) is 0 Å². The summed E-state index contributed by atoms with van der Waals surface area (Å²) >= 11 is 0. The van der Waals surface area contributed by atoms with Gasteiger partial charge in [0.25, 0.3) is 0 Å². The minimum Gasteiger partial charge on any atom is -0.464 e. The molecule has 1 aliphatic rings. The second-order valence-corrected chi connectivity index (χ2v) is 4.15. The number of benzene rings is 1. The zero-order valence-corrected chi connectivity index (χ0v) is 9.61. The van der Waals surface area contributed by atoms with Gasteiger partial charge in [0.1, 0.15) is 6.33 Å². The van der Waals surface area contributed by atoms with Crippen molar-refractivity contribution < 1.29 is 9.53 Å². The van der Waals surface area contributed by atoms with Gasteiger partial charge in [0.2, 0.25) is 0 Å². The van der Waals surface area contributed by atoms with Gasteiger partial charge in [-0.2, -0.15) is 5.10 Å². The van der Waals surface area contributed by atoms with Gasteiger partial charge in [-0.05, 0) is 12.1 Å². The number of aromatic nitrogens is 3. The quantitative estimate of drug-likeness (QED) is 0.629. The first-order chi connectivity index (χ1) is 8.74. The summed E-state index contributed by atoms with van der Waals surface area (Å²) in [6.07, 6.45) is 2.19. The van der Waals surface area contributed by atoms with Crippen LogP contribution in [0.1, 0.15) is 12.5 Å². The highest BCUT2D eigenvalue weighted by Gasteiger charge is 2.29. The maximum Gasteiger partial charge on any atom is 0.331 e. The first kappa shape index (κ1) is 10.8. The van der Waals surface area contributed by atoms with E-state index in [9.17, 15) is 4.79 Å². The largest absolute Gasteiger partial charge is 0.464 e. The number of esters is 1. The molecule has 1 aromatic carbocycles. The molecule has 1 aliphatic heterocycles. The van der Waals surface area contributed by atoms with Crippen molar-refractivity contribution in [1.82, 2.24) is 14.8 Å². The molecule has 0 aliphatic carbocycles. The first-order valence-corrected chi connectivity index (χ1v) is 5.68. The van der Waals surface area contributed by atoms with Gasteiger partial charge in [0, 0.05) is 17.7 Å². The van der Waals surface area contributed by atoms with E-state index in [1.807, 2.05) is 12.1 Å². The molecule has 6 nitrogen and oxygen atoms in total. The molecular formula is C12H12N4O2. The van der Waals surface area contributed by atoms with E-state index < -0.39 is 0 Å². The number of hydrogen-bond acceptors (Lipinski definition) is 5. The Bertz CT molecular complexity index is 593. The number of carbonyl (C=O) groups excluding carboxylic acids is 1. The summed E-state index contributed by atoms with van der Waals surface area (Å²) in [4.78, 5) is 15.6. The molecule has 1 unspecified atom stereocenters. The van der Waals surface area contributed by atoms with Crippen molar-refractivity contribution in [2.24, 2.45) is 0 Å². The van der Waals surface area contributed by atoms with Crippen LogP contribution in [0.25, 0.3) is 11.4 Å². The van der Waals surface area contributed by atoms with Gasteiger partial charge in [0.05, 0.1) is 6.61 Å². The SMILES string of the molecule is Nc1cccc(-c2ncn(C3CCOC3=O)n2)c1. The number of nitrogen functional groups attached to an aromatic ring is 1. The molecule has 92 valence electrons. The van der Waals surface area contributed by atoms with Gasteiger partial charge in [0.15, 0.2) is 11.9 Å². The Labute approximate surface area is 103 Å². The molecule has 2 aromatic rings. The smallest absolute Gasteiger partial charge is 0.331 e. The molecule has 1 saturated heterocycles. The molecule has 18 heavy (non-hydrogen) atoms. The summed E-state index contributed by atoms with van der Waals surface area (Å²) in [6, 6.07) is 6.96. The minimum absolute atomic E-state index is 0.251. The van der Waals surface area contributed by atoms with E-state index in [-0.39, 0.29) is 12.0 Å². The lowest BCUT2D eigenvalue weighted by atomic mass is 10.2. The number of carbonyl (C=O) groups is 1. The lowest BCUT2D eigenvalue weighted by molar-refractivity contribution is -0.140. The van der Waals surface area contributed by atoms with Gasteiger partial charge >= 0.3 is 5.97 Å². The van der Waals surface area contributed by atoms with E-state index in [4.69, 9.17) is 10.5 Å². The molecular weight excluding hydrogens is 232 g/mol. The van der Waals surface area contributed by atoms with Crippen molar-refractivity contribution >= 4 is 11.7 Å². The summed E-state index contributed by atoms with van der Waals surface area (Å²) in [6.45, 7) is 0.441. The highest BCUT2D eigenvalue weighted by Crippen LogP contribution is 2.22. The predicted molar refractivity (Wildman–Crippen MR) is 64.5 cm³/mol. The first-order valence-electron chi connectivity index (χ1n) is 5.68. The van der Waals surface area contributed by atoms with E-state index >= 15 is 0 Å². The van der Waals surface area contributed by atoms with E-state index in [0.717, 1.165) is 5.56 Å². The minimum atomic E-state index is -0.354. The second kappa shape index (κ2) is 4.14. The number of hydrogen-bond donors (Lipinski definition) is 1. The molecule has 0 bridgehead atoms. The maximum atomic E-state index is 11.4. The summed E-state index contributed by atoms with van der Waals surface area (Å²) in [7, 11) is 0. The van der Waals surface area contributed by atoms with E-state index in [2.05, 4.69) is 10.1 Å². The zero-order chi connectivity index (χ0) is 12.5. The van der Waals surface area contributed by atoms with Crippen LogP contribution in [0.15, 0.2) is 30.6 Å². The molecule has 1 atom stereocenters. The maximum absolute atomic E-state index is 11.4. The molecule has 0 radical (unpaired) electrons. The van der Waals surface area contributed by atoms with Gasteiger partial charge in [-0.15, -0.1) is 0 Å². The lowest BCUT2D eigenvalue weighted by Crippen LogP contribution is -2.14. The summed E-state index contributed by atoms with van der Waals surface area (Å²) < 4.78 is 6.46. The zero-order valence-electron chi connectivity index (χ0n) is 9.61. The van der Waals surface area contributed by atoms with Crippen LogP contribution in [0.5, 0.6) is 0 Å². The fourth-order valence-corrected chi connectivity index (χ4v) is 1.96. The third-order valence-corrected chi connectivity index (χ3v) is 2.88. The Morgan fingerprint density at radius 2 is 2.33 bits per heavy atom. The van der Waals surface area contributed by atoms with Crippen LogP contribution in [-0.4, -0.2) is 27.3 Å². The summed E-state index contributed by atoms with van der Waals surface area (Å²) in [5.74, 6) is 0.307. The lowest BCUT2D eigenvalue weighted by Gasteiger charge is -2.03. The third-order valence-electron chi connectivity index (χ3n) is 2.88. The fraction of sp³-hybridized carbons (Fsp3) is 0.250. The van der Waals surface area contributed by atoms with Crippen molar-refractivity contribution in [3.8, 4) is 11.4 Å². The standard InChI is InChI=1S/C12H12N4O2/c13-9-3-1-2-8(6-9)11-14-7-16(15-11)10-4-5-18-12(10)17/h1-3,6-7,10H,4-5,13H2. The molecule has 2 N–H and O–H groups in total. The highest BCUT2D eigenvalue weighted by atomic mass is 16.5. The molecule has 2 heterocycles. The third kappa shape index (κ3) is 1.81. The Morgan fingerprint density at radius 1 is 1.44 bits per heavy atom. The van der Waals surface area contributed by atoms with Crippen LogP contribution in [0.2, 0.25) is 0 Å². The Balaban J connectivity index is 1.92. The molecule has 1 aromatic heterocycles. The van der Waals surface area contributed by atoms with Crippen LogP contribution < -0.4 is 5.73 Å². The van der Waals surface area contributed by atoms with Crippen molar-refractivity contribution in [3.05, 3.63) is 30.6 Å². The van der Waals surface area contributed by atoms with Crippen molar-refractivity contribution in [2.75, 3.05) is 12.3 Å². The molecule has 1 fully saturated rings. The summed E-state index contributed by atoms with van der Waals surface area (Å²) in [5, 5.41) is 4.30. The number of nitrogens with zero attached hydrogens (tertiary/aromatic N) is 3. The van der Waals surface area contributed by atoms with Crippen molar-refractivity contribution in [3.63, 3.8) is 0 Å². The van der Waals surface area contributed by atoms with Gasteiger partial charge < -0.3 is 10.5 Å². The fourth-order valence-electron chi connectivity index (χ4n) is 1.96. The second-order valence-electron chi connectivity index (χ2n) is 4.15. The van der Waals surface area contributed by atoms with Crippen molar-refractivity contribution in [1.29, 1.82) is 0 Å². The van der Waals surface area contributed by atoms with Crippen LogP contribution in [0.3, 0.4) is 0 Å². The van der Waals surface area contributed by atoms with Crippen LogP contribution in [0, 0.1) is 0 Å². The Morgan fingerprint density at radius 3 is 3.06 bits per heavy atom. The molecule has 3 rings (SSSR count). The predicted octanol–water partition coefficient (Wildman–Crippen LogP) is 1.02. The topological polar surface area (TPSA) is 83.0 Å². The van der Waals surface area contributed by atoms with Gasteiger partial charge in [-0.1, -0.05) is 12.1 Å². The van der Waals surface area contributed by atoms with E-state index in [0.29, 0.717) is 24.5 Å². The molecule has 0 amide bonds. The van der Waals surface area contributed by atoms with Crippen LogP contribution in [-0.2, 0) is 9.53 Å². The van der Waals surface area contributed by atoms with E-state index in [1.54, 1.807) is 23.1 Å². The Kier molecular flexibility index (Phi) is 2.47. The number of rotatable bonds is 2. The van der Waals surface area contributed by atoms with Crippen LogP contribution in [0.4, 0.5) is 5.69 Å². The molecule has 0 spiro atoms. The molecule has 6 heteroatoms. The molecule has 0 saturated carbocycles. The summed E-state index contributed by atoms with van der Waals surface area (Å²) in [5.41, 5.74) is 7.20. The number of anilines is 1. The average Bonchev–Trinajstić information content (AvgIpc) is 2.97. The van der Waals surface area contributed by atoms with Crippen LogP contribution >= 0.6 is 0 Å². The number of nitrogens with two attached hydrogens (primary N) is 1. The monoisotopic (exact) mass is 244 g/mol. The number of ether oxygens (including phenoxy) is 1. The average molecular weight is 244 g/mol. The normalized spacial score (nSPS) is 18.9. The van der Waals surface area contributed by atoms with Gasteiger partial charge in [-0.25, -0.2) is 14.5 Å². The van der Waals surface area contributed by atoms with Crippen molar-refractivity contribution in [2.45, 2.75) is 12.5 Å².